The summed E-state index contributed by atoms with van der Waals surface area (Å²) >= 11 is -0.826. The van der Waals surface area contributed by atoms with Crippen molar-refractivity contribution >= 4 is 48.1 Å². The minimum atomic E-state index is -0.826. The van der Waals surface area contributed by atoms with Crippen LogP contribution in [0.3, 0.4) is 0 Å². The molecule has 0 aliphatic rings. The molecule has 0 aliphatic carbocycles. The standard InChI is InChI=1S/2C16H21.C2H6Si.2ClH.Zr/c2*1-11(2)13-8-12-6-7-15(16(3,4)5)10-14(12)9-13;1-3-2;;;/h2*6-11H,1-5H3;1-2H3;2*1H;/q2*-1;;;;+4/p-2. The van der Waals surface area contributed by atoms with E-state index in [4.69, 9.17) is 17.0 Å². The van der Waals surface area contributed by atoms with E-state index < -0.39 is 20.8 Å². The summed E-state index contributed by atoms with van der Waals surface area (Å²) in [6.07, 6.45) is 0. The Morgan fingerprint density at radius 3 is 1.16 bits per heavy atom. The number of hydrogen-bond acceptors (Lipinski definition) is 0. The third kappa shape index (κ3) is 11.1. The number of halogens is 2. The van der Waals surface area contributed by atoms with Crippen molar-refractivity contribution in [3.05, 3.63) is 82.9 Å². The molecule has 0 aliphatic heterocycles. The Hall–Kier alpha value is -0.660. The molecule has 0 atom stereocenters. The first-order valence-electron chi connectivity index (χ1n) is 13.6. The van der Waals surface area contributed by atoms with Gasteiger partial charge in [-0.1, -0.05) is 93.5 Å². The van der Waals surface area contributed by atoms with Crippen molar-refractivity contribution in [2.24, 2.45) is 0 Å². The molecule has 2 radical (unpaired) electrons. The molecule has 0 heterocycles. The molecule has 38 heavy (non-hydrogen) atoms. The van der Waals surface area contributed by atoms with Crippen LogP contribution in [0.5, 0.6) is 0 Å². The Morgan fingerprint density at radius 1 is 0.632 bits per heavy atom. The Labute approximate surface area is 255 Å². The summed E-state index contributed by atoms with van der Waals surface area (Å²) in [4.78, 5) is 0. The van der Waals surface area contributed by atoms with Crippen LogP contribution in [0, 0.1) is 0 Å². The Morgan fingerprint density at radius 2 is 0.921 bits per heavy atom. The molecule has 0 nitrogen and oxygen atoms in total. The zero-order chi connectivity index (χ0) is 29.3. The molecule has 0 aromatic heterocycles. The zero-order valence-corrected chi connectivity index (χ0v) is 30.7. The fourth-order valence-electron chi connectivity index (χ4n) is 4.06. The molecule has 0 unspecified atom stereocenters. The predicted octanol–water partition coefficient (Wildman–Crippen LogP) is 12.1. The van der Waals surface area contributed by atoms with E-state index in [0.29, 0.717) is 11.8 Å². The van der Waals surface area contributed by atoms with Gasteiger partial charge in [-0.3, -0.25) is 0 Å². The van der Waals surface area contributed by atoms with E-state index in [1.165, 1.54) is 43.8 Å². The van der Waals surface area contributed by atoms with Crippen LogP contribution in [0.2, 0.25) is 13.1 Å². The van der Waals surface area contributed by atoms with Gasteiger partial charge in [-0.25, -0.2) is 0 Å². The second-order valence-corrected chi connectivity index (χ2v) is 17.4. The van der Waals surface area contributed by atoms with Crippen molar-refractivity contribution in [1.82, 2.24) is 0 Å². The summed E-state index contributed by atoms with van der Waals surface area (Å²) < 4.78 is 0. The van der Waals surface area contributed by atoms with E-state index in [0.717, 1.165) is 9.52 Å². The minimum absolute atomic E-state index is 0.240. The van der Waals surface area contributed by atoms with Gasteiger partial charge >= 0.3 is 37.9 Å². The number of benzene rings is 2. The van der Waals surface area contributed by atoms with E-state index in [9.17, 15) is 0 Å². The third-order valence-corrected chi connectivity index (χ3v) is 6.53. The zero-order valence-electron chi connectivity index (χ0n) is 25.7. The second-order valence-electron chi connectivity index (χ2n) is 12.6. The molecular weight excluding hydrogens is 599 g/mol. The maximum atomic E-state index is 4.93. The monoisotopic (exact) mass is 644 g/mol. The number of rotatable bonds is 2. The van der Waals surface area contributed by atoms with Crippen LogP contribution in [-0.4, -0.2) is 9.52 Å². The molecule has 4 rings (SSSR count). The molecule has 0 saturated heterocycles. The number of hydrogen-bond donors (Lipinski definition) is 0. The van der Waals surface area contributed by atoms with Gasteiger partial charge in [0, 0.05) is 9.52 Å². The van der Waals surface area contributed by atoms with Crippen LogP contribution < -0.4 is 0 Å². The van der Waals surface area contributed by atoms with Gasteiger partial charge in [0.05, 0.1) is 0 Å². The van der Waals surface area contributed by atoms with Gasteiger partial charge in [-0.05, 0) is 22.7 Å². The molecular formula is C34H48Cl2SiZr. The van der Waals surface area contributed by atoms with Gasteiger partial charge < -0.3 is 0 Å². The summed E-state index contributed by atoms with van der Waals surface area (Å²) in [7, 11) is 11.0. The van der Waals surface area contributed by atoms with Gasteiger partial charge in [-0.15, -0.1) is 81.2 Å². The molecule has 4 aromatic carbocycles. The van der Waals surface area contributed by atoms with Crippen LogP contribution in [0.15, 0.2) is 60.7 Å². The topological polar surface area (TPSA) is 0 Å². The van der Waals surface area contributed by atoms with Gasteiger partial charge in [0.15, 0.2) is 0 Å². The van der Waals surface area contributed by atoms with Crippen molar-refractivity contribution in [3.8, 4) is 0 Å². The summed E-state index contributed by atoms with van der Waals surface area (Å²) in [5.74, 6) is 1.23. The van der Waals surface area contributed by atoms with Crippen LogP contribution in [0.25, 0.3) is 21.5 Å². The van der Waals surface area contributed by atoms with Crippen molar-refractivity contribution < 1.29 is 20.8 Å². The fraction of sp³-hybridized carbons (Fsp3) is 0.471. The molecule has 4 aromatic rings. The molecule has 0 bridgehead atoms. The third-order valence-electron chi connectivity index (χ3n) is 6.53. The molecule has 4 heteroatoms. The van der Waals surface area contributed by atoms with Crippen LogP contribution in [-0.2, 0) is 31.7 Å². The SMILES string of the molecule is CC(C)c1cc2cc(C(C)(C)C)ccc2[cH-]1.CC(C)c1cc2cc(C(C)(C)C)ccc2[cH-]1.C[Si]C.[Cl][Zr+2][Cl]. The van der Waals surface area contributed by atoms with Crippen molar-refractivity contribution in [2.45, 2.75) is 105 Å². The van der Waals surface area contributed by atoms with Gasteiger partial charge in [0.25, 0.3) is 0 Å². The van der Waals surface area contributed by atoms with Gasteiger partial charge in [0.2, 0.25) is 0 Å². The average molecular weight is 647 g/mol. The molecule has 0 fully saturated rings. The second kappa shape index (κ2) is 16.0. The quantitative estimate of drug-likeness (QED) is 0.150. The maximum absolute atomic E-state index is 4.93. The van der Waals surface area contributed by atoms with Crippen molar-refractivity contribution in [1.29, 1.82) is 0 Å². The molecule has 0 spiro atoms. The summed E-state index contributed by atoms with van der Waals surface area (Å²) in [6, 6.07) is 23.0. The Kier molecular flexibility index (Phi) is 14.8. The number of fused-ring (bicyclic) bond motifs is 2. The van der Waals surface area contributed by atoms with Gasteiger partial charge in [0.1, 0.15) is 0 Å². The molecule has 206 valence electrons. The van der Waals surface area contributed by atoms with E-state index in [2.05, 4.69) is 143 Å². The normalized spacial score (nSPS) is 11.4. The van der Waals surface area contributed by atoms with Crippen molar-refractivity contribution in [3.63, 3.8) is 0 Å². The first kappa shape index (κ1) is 35.4. The van der Waals surface area contributed by atoms with Crippen LogP contribution in [0.1, 0.15) is 103 Å². The van der Waals surface area contributed by atoms with E-state index in [-0.39, 0.29) is 10.8 Å². The van der Waals surface area contributed by atoms with Crippen LogP contribution in [0.4, 0.5) is 0 Å². The first-order valence-corrected chi connectivity index (χ1v) is 21.9. The fourth-order valence-corrected chi connectivity index (χ4v) is 4.06. The van der Waals surface area contributed by atoms with Gasteiger partial charge in [-0.2, -0.15) is 12.1 Å². The Bertz CT molecular complexity index is 1140. The molecule has 0 saturated carbocycles. The summed E-state index contributed by atoms with van der Waals surface area (Å²) in [5, 5.41) is 5.51. The Balaban J connectivity index is 0.000000315. The first-order chi connectivity index (χ1) is 17.6. The van der Waals surface area contributed by atoms with E-state index in [1.54, 1.807) is 0 Å². The summed E-state index contributed by atoms with van der Waals surface area (Å²) in [6.45, 7) is 26.9. The average Bonchev–Trinajstić information content (AvgIpc) is 3.43. The van der Waals surface area contributed by atoms with Crippen LogP contribution >= 0.6 is 17.0 Å². The van der Waals surface area contributed by atoms with E-state index >= 15 is 0 Å². The summed E-state index contributed by atoms with van der Waals surface area (Å²) in [5.41, 5.74) is 6.20. The van der Waals surface area contributed by atoms with Crippen molar-refractivity contribution in [2.75, 3.05) is 0 Å². The predicted molar refractivity (Wildman–Crippen MR) is 174 cm³/mol. The molecule has 0 N–H and O–H groups in total. The molecule has 0 amide bonds. The van der Waals surface area contributed by atoms with E-state index in [1.807, 2.05) is 0 Å².